The summed E-state index contributed by atoms with van der Waals surface area (Å²) < 4.78 is 0. The Kier molecular flexibility index (Phi) is 3.16. The number of aromatic nitrogens is 1. The van der Waals surface area contributed by atoms with E-state index < -0.39 is 0 Å². The molecule has 0 aromatic carbocycles. The Hall–Kier alpha value is -1.49. The van der Waals surface area contributed by atoms with Gasteiger partial charge in [0.05, 0.1) is 0 Å². The molecule has 0 atom stereocenters. The predicted octanol–water partition coefficient (Wildman–Crippen LogP) is 1.88. The second kappa shape index (κ2) is 4.40. The van der Waals surface area contributed by atoms with Gasteiger partial charge in [-0.25, -0.2) is 4.98 Å². The largest absolute Gasteiger partial charge is 0.370 e. The molecule has 0 aliphatic carbocycles. The molecule has 2 heteroatoms. The molecule has 1 N–H and O–H groups in total. The summed E-state index contributed by atoms with van der Waals surface area (Å²) in [4.78, 5) is 4.13. The Morgan fingerprint density at radius 1 is 1.58 bits per heavy atom. The molecular formula is C10H12N2. The standard InChI is InChI=1S/C10H12N2/c1-3-7-11-10-6-5-9(4-2)8-12-10/h2,5-6,8H,3,7H2,1H3,(H,11,12). The van der Waals surface area contributed by atoms with E-state index in [2.05, 4.69) is 23.1 Å². The van der Waals surface area contributed by atoms with E-state index >= 15 is 0 Å². The molecule has 0 amide bonds. The smallest absolute Gasteiger partial charge is 0.125 e. The van der Waals surface area contributed by atoms with E-state index in [-0.39, 0.29) is 0 Å². The van der Waals surface area contributed by atoms with Crippen molar-refractivity contribution in [1.82, 2.24) is 4.98 Å². The summed E-state index contributed by atoms with van der Waals surface area (Å²) in [7, 11) is 0. The maximum Gasteiger partial charge on any atom is 0.125 e. The van der Waals surface area contributed by atoms with Crippen molar-refractivity contribution in [2.24, 2.45) is 0 Å². The van der Waals surface area contributed by atoms with Gasteiger partial charge in [-0.15, -0.1) is 6.42 Å². The highest BCUT2D eigenvalue weighted by molar-refractivity contribution is 5.39. The lowest BCUT2D eigenvalue weighted by Gasteiger charge is -2.01. The van der Waals surface area contributed by atoms with Crippen LogP contribution in [0.3, 0.4) is 0 Å². The summed E-state index contributed by atoms with van der Waals surface area (Å²) in [6.07, 6.45) is 7.98. The van der Waals surface area contributed by atoms with Gasteiger partial charge in [-0.05, 0) is 18.6 Å². The van der Waals surface area contributed by atoms with Crippen LogP contribution in [0.1, 0.15) is 18.9 Å². The first-order chi connectivity index (χ1) is 5.86. The Bertz CT molecular complexity index is 269. The molecule has 2 nitrogen and oxygen atoms in total. The lowest BCUT2D eigenvalue weighted by Crippen LogP contribution is -2.01. The van der Waals surface area contributed by atoms with Gasteiger partial charge in [-0.1, -0.05) is 12.8 Å². The molecule has 0 unspecified atom stereocenters. The van der Waals surface area contributed by atoms with Gasteiger partial charge < -0.3 is 5.32 Å². The average Bonchev–Trinajstić information content (AvgIpc) is 2.15. The van der Waals surface area contributed by atoms with Crippen molar-refractivity contribution in [3.63, 3.8) is 0 Å². The summed E-state index contributed by atoms with van der Waals surface area (Å²) in [5.74, 6) is 3.41. The highest BCUT2D eigenvalue weighted by Gasteiger charge is 1.90. The molecule has 0 saturated carbocycles. The molecule has 0 aliphatic heterocycles. The van der Waals surface area contributed by atoms with Crippen LogP contribution in [0.25, 0.3) is 0 Å². The zero-order valence-electron chi connectivity index (χ0n) is 7.17. The molecule has 1 heterocycles. The lowest BCUT2D eigenvalue weighted by atomic mass is 10.3. The highest BCUT2D eigenvalue weighted by atomic mass is 15.0. The maximum atomic E-state index is 5.19. The SMILES string of the molecule is C#Cc1ccc(NCCC)nc1. The number of hydrogen-bond acceptors (Lipinski definition) is 2. The summed E-state index contributed by atoms with van der Waals surface area (Å²) in [6, 6.07) is 3.77. The summed E-state index contributed by atoms with van der Waals surface area (Å²) >= 11 is 0. The van der Waals surface area contributed by atoms with Gasteiger partial charge in [0.15, 0.2) is 0 Å². The van der Waals surface area contributed by atoms with Gasteiger partial charge in [-0.2, -0.15) is 0 Å². The van der Waals surface area contributed by atoms with Crippen LogP contribution in [0.4, 0.5) is 5.82 Å². The summed E-state index contributed by atoms with van der Waals surface area (Å²) in [5.41, 5.74) is 0.817. The quantitative estimate of drug-likeness (QED) is 0.683. The zero-order chi connectivity index (χ0) is 8.81. The van der Waals surface area contributed by atoms with Crippen molar-refractivity contribution in [2.75, 3.05) is 11.9 Å². The Morgan fingerprint density at radius 2 is 2.42 bits per heavy atom. The van der Waals surface area contributed by atoms with E-state index in [4.69, 9.17) is 6.42 Å². The van der Waals surface area contributed by atoms with Gasteiger partial charge in [0.1, 0.15) is 5.82 Å². The summed E-state index contributed by atoms with van der Waals surface area (Å²) in [5, 5.41) is 3.17. The van der Waals surface area contributed by atoms with E-state index in [1.165, 1.54) is 0 Å². The fourth-order valence-electron chi connectivity index (χ4n) is 0.837. The molecule has 0 bridgehead atoms. The highest BCUT2D eigenvalue weighted by Crippen LogP contribution is 2.03. The van der Waals surface area contributed by atoms with Crippen molar-refractivity contribution in [2.45, 2.75) is 13.3 Å². The van der Waals surface area contributed by atoms with Crippen LogP contribution in [0, 0.1) is 12.3 Å². The normalized spacial score (nSPS) is 9.00. The third kappa shape index (κ3) is 2.28. The fraction of sp³-hybridized carbons (Fsp3) is 0.300. The average molecular weight is 160 g/mol. The van der Waals surface area contributed by atoms with Gasteiger partial charge in [0.25, 0.3) is 0 Å². The third-order valence-electron chi connectivity index (χ3n) is 1.49. The van der Waals surface area contributed by atoms with Gasteiger partial charge >= 0.3 is 0 Å². The van der Waals surface area contributed by atoms with Gasteiger partial charge in [0, 0.05) is 18.3 Å². The third-order valence-corrected chi connectivity index (χ3v) is 1.49. The molecule has 0 aliphatic rings. The van der Waals surface area contributed by atoms with Gasteiger partial charge in [0.2, 0.25) is 0 Å². The first-order valence-electron chi connectivity index (χ1n) is 4.03. The van der Waals surface area contributed by atoms with Crippen molar-refractivity contribution in [3.05, 3.63) is 23.9 Å². The number of anilines is 1. The van der Waals surface area contributed by atoms with Crippen LogP contribution in [0.15, 0.2) is 18.3 Å². The number of nitrogens with one attached hydrogen (secondary N) is 1. The Labute approximate surface area is 73.0 Å². The number of pyridine rings is 1. The zero-order valence-corrected chi connectivity index (χ0v) is 7.17. The molecule has 0 saturated heterocycles. The number of hydrogen-bond donors (Lipinski definition) is 1. The van der Waals surface area contributed by atoms with Crippen molar-refractivity contribution < 1.29 is 0 Å². The van der Waals surface area contributed by atoms with E-state index in [0.29, 0.717) is 0 Å². The van der Waals surface area contributed by atoms with Crippen molar-refractivity contribution in [1.29, 1.82) is 0 Å². The minimum Gasteiger partial charge on any atom is -0.370 e. The molecule has 0 fully saturated rings. The minimum absolute atomic E-state index is 0.817. The molecule has 0 spiro atoms. The topological polar surface area (TPSA) is 24.9 Å². The maximum absolute atomic E-state index is 5.19. The predicted molar refractivity (Wildman–Crippen MR) is 51.0 cm³/mol. The van der Waals surface area contributed by atoms with Crippen LogP contribution in [-0.4, -0.2) is 11.5 Å². The molecule has 12 heavy (non-hydrogen) atoms. The molecule has 0 radical (unpaired) electrons. The van der Waals surface area contributed by atoms with E-state index in [0.717, 1.165) is 24.3 Å². The van der Waals surface area contributed by atoms with Crippen LogP contribution in [0.5, 0.6) is 0 Å². The van der Waals surface area contributed by atoms with Crippen LogP contribution >= 0.6 is 0 Å². The molecule has 1 aromatic rings. The van der Waals surface area contributed by atoms with Crippen LogP contribution < -0.4 is 5.32 Å². The lowest BCUT2D eigenvalue weighted by molar-refractivity contribution is 0.969. The van der Waals surface area contributed by atoms with Crippen LogP contribution in [0.2, 0.25) is 0 Å². The first kappa shape index (κ1) is 8.61. The number of rotatable bonds is 3. The molecular weight excluding hydrogens is 148 g/mol. The molecule has 62 valence electrons. The van der Waals surface area contributed by atoms with E-state index in [1.54, 1.807) is 6.20 Å². The van der Waals surface area contributed by atoms with Gasteiger partial charge in [-0.3, -0.25) is 0 Å². The second-order valence-electron chi connectivity index (χ2n) is 2.50. The van der Waals surface area contributed by atoms with Crippen molar-refractivity contribution in [3.8, 4) is 12.3 Å². The molecule has 1 rings (SSSR count). The Balaban J connectivity index is 2.60. The monoisotopic (exact) mass is 160 g/mol. The fourth-order valence-corrected chi connectivity index (χ4v) is 0.837. The first-order valence-corrected chi connectivity index (χ1v) is 4.03. The molecule has 1 aromatic heterocycles. The van der Waals surface area contributed by atoms with Crippen molar-refractivity contribution >= 4 is 5.82 Å². The van der Waals surface area contributed by atoms with E-state index in [9.17, 15) is 0 Å². The summed E-state index contributed by atoms with van der Waals surface area (Å²) in [6.45, 7) is 3.06. The van der Waals surface area contributed by atoms with E-state index in [1.807, 2.05) is 12.1 Å². The number of terminal acetylenes is 1. The minimum atomic E-state index is 0.817. The second-order valence-corrected chi connectivity index (χ2v) is 2.50. The Morgan fingerprint density at radius 3 is 2.92 bits per heavy atom. The van der Waals surface area contributed by atoms with Crippen LogP contribution in [-0.2, 0) is 0 Å². The number of nitrogens with zero attached hydrogens (tertiary/aromatic N) is 1.